The van der Waals surface area contributed by atoms with Crippen molar-refractivity contribution in [2.75, 3.05) is 11.9 Å². The maximum atomic E-state index is 5.58. The fraction of sp³-hybridized carbons (Fsp3) is 0.312. The van der Waals surface area contributed by atoms with Crippen molar-refractivity contribution in [3.05, 3.63) is 42.5 Å². The van der Waals surface area contributed by atoms with E-state index in [2.05, 4.69) is 34.7 Å². The van der Waals surface area contributed by atoms with Gasteiger partial charge in [-0.1, -0.05) is 32.0 Å². The Balaban J connectivity index is 1.82. The highest BCUT2D eigenvalue weighted by atomic mass is 32.1. The molecule has 0 saturated heterocycles. The van der Waals surface area contributed by atoms with Crippen molar-refractivity contribution < 1.29 is 4.74 Å². The number of hydrogen-bond acceptors (Lipinski definition) is 4. The molecule has 0 radical (unpaired) electrons. The van der Waals surface area contributed by atoms with Crippen LogP contribution in [0.15, 0.2) is 42.5 Å². The average molecular weight is 316 g/mol. The molecule has 0 fully saturated rings. The summed E-state index contributed by atoms with van der Waals surface area (Å²) in [7, 11) is 0. The number of nitrogens with zero attached hydrogens (tertiary/aromatic N) is 2. The Bertz CT molecular complexity index is 587. The van der Waals surface area contributed by atoms with E-state index in [9.17, 15) is 0 Å². The molecule has 2 aromatic rings. The maximum Gasteiger partial charge on any atom is 0.238 e. The standard InChI is InChI=1S/C16H20N4OS/c1-12(2)10-11-17-16(22)18-14-8-9-15(20-19-14)21-13-6-4-3-5-7-13/h3-9,12H,10-11H2,1-2H3,(H2,17,18,19,22). The molecule has 5 nitrogen and oxygen atoms in total. The van der Waals surface area contributed by atoms with E-state index in [0.717, 1.165) is 18.7 Å². The van der Waals surface area contributed by atoms with Crippen LogP contribution in [0.25, 0.3) is 0 Å². The molecule has 0 spiro atoms. The van der Waals surface area contributed by atoms with Crippen molar-refractivity contribution in [3.63, 3.8) is 0 Å². The van der Waals surface area contributed by atoms with Gasteiger partial charge >= 0.3 is 0 Å². The lowest BCUT2D eigenvalue weighted by Crippen LogP contribution is -2.30. The lowest BCUT2D eigenvalue weighted by molar-refractivity contribution is 0.455. The van der Waals surface area contributed by atoms with Crippen LogP contribution in [-0.2, 0) is 0 Å². The van der Waals surface area contributed by atoms with Crippen molar-refractivity contribution in [1.29, 1.82) is 0 Å². The number of anilines is 1. The second kappa shape index (κ2) is 8.29. The van der Waals surface area contributed by atoms with Crippen LogP contribution in [-0.4, -0.2) is 21.9 Å². The van der Waals surface area contributed by atoms with E-state index in [1.54, 1.807) is 12.1 Å². The number of hydrogen-bond donors (Lipinski definition) is 2. The van der Waals surface area contributed by atoms with Crippen LogP contribution in [0.5, 0.6) is 11.6 Å². The number of aromatic nitrogens is 2. The van der Waals surface area contributed by atoms with Crippen LogP contribution < -0.4 is 15.4 Å². The normalized spacial score (nSPS) is 10.3. The summed E-state index contributed by atoms with van der Waals surface area (Å²) < 4.78 is 5.58. The van der Waals surface area contributed by atoms with E-state index in [1.807, 2.05) is 30.3 Å². The smallest absolute Gasteiger partial charge is 0.238 e. The van der Waals surface area contributed by atoms with Gasteiger partial charge in [-0.05, 0) is 42.8 Å². The molecule has 1 heterocycles. The van der Waals surface area contributed by atoms with Crippen LogP contribution in [0, 0.1) is 5.92 Å². The van der Waals surface area contributed by atoms with E-state index < -0.39 is 0 Å². The molecule has 6 heteroatoms. The number of nitrogens with one attached hydrogen (secondary N) is 2. The van der Waals surface area contributed by atoms with Crippen molar-refractivity contribution in [1.82, 2.24) is 15.5 Å². The summed E-state index contributed by atoms with van der Waals surface area (Å²) in [6.07, 6.45) is 1.07. The molecule has 1 aromatic carbocycles. The predicted molar refractivity (Wildman–Crippen MR) is 92.2 cm³/mol. The van der Waals surface area contributed by atoms with Crippen LogP contribution in [0.1, 0.15) is 20.3 Å². The van der Waals surface area contributed by atoms with Gasteiger partial charge in [0, 0.05) is 12.6 Å². The molecule has 1 aromatic heterocycles. The van der Waals surface area contributed by atoms with Crippen LogP contribution in [0.3, 0.4) is 0 Å². The Morgan fingerprint density at radius 3 is 2.55 bits per heavy atom. The Hall–Kier alpha value is -2.21. The molecule has 0 saturated carbocycles. The van der Waals surface area contributed by atoms with Gasteiger partial charge in [0.1, 0.15) is 5.75 Å². The molecule has 0 unspecified atom stereocenters. The number of rotatable bonds is 6. The molecule has 0 aliphatic carbocycles. The highest BCUT2D eigenvalue weighted by Gasteiger charge is 2.02. The van der Waals surface area contributed by atoms with Gasteiger partial charge in [0.15, 0.2) is 10.9 Å². The molecule has 116 valence electrons. The topological polar surface area (TPSA) is 59.1 Å². The molecule has 0 aliphatic rings. The molecule has 0 atom stereocenters. The Morgan fingerprint density at radius 2 is 1.91 bits per heavy atom. The van der Waals surface area contributed by atoms with Crippen molar-refractivity contribution in [2.24, 2.45) is 5.92 Å². The number of thiocarbonyl (C=S) groups is 1. The minimum absolute atomic E-state index is 0.440. The largest absolute Gasteiger partial charge is 0.438 e. The van der Waals surface area contributed by atoms with Crippen LogP contribution in [0.2, 0.25) is 0 Å². The van der Waals surface area contributed by atoms with Gasteiger partial charge in [-0.3, -0.25) is 0 Å². The van der Waals surface area contributed by atoms with Gasteiger partial charge in [-0.2, -0.15) is 0 Å². The lowest BCUT2D eigenvalue weighted by Gasteiger charge is -2.11. The summed E-state index contributed by atoms with van der Waals surface area (Å²) in [5, 5.41) is 14.7. The zero-order valence-corrected chi connectivity index (χ0v) is 13.6. The SMILES string of the molecule is CC(C)CCNC(=S)Nc1ccc(Oc2ccccc2)nn1. The summed E-state index contributed by atoms with van der Waals surface area (Å²) >= 11 is 5.20. The highest BCUT2D eigenvalue weighted by molar-refractivity contribution is 7.80. The van der Waals surface area contributed by atoms with Gasteiger partial charge in [-0.15, -0.1) is 10.2 Å². The predicted octanol–water partition coefficient (Wildman–Crippen LogP) is 3.60. The monoisotopic (exact) mass is 316 g/mol. The Labute approximate surface area is 136 Å². The molecule has 2 N–H and O–H groups in total. The summed E-state index contributed by atoms with van der Waals surface area (Å²) in [6.45, 7) is 5.19. The van der Waals surface area contributed by atoms with Crippen LogP contribution >= 0.6 is 12.2 Å². The minimum Gasteiger partial charge on any atom is -0.438 e. The van der Waals surface area contributed by atoms with E-state index in [0.29, 0.717) is 22.7 Å². The molecule has 2 rings (SSSR count). The molecular weight excluding hydrogens is 296 g/mol. The molecule has 0 aliphatic heterocycles. The molecule has 22 heavy (non-hydrogen) atoms. The fourth-order valence-electron chi connectivity index (χ4n) is 1.69. The number of para-hydroxylation sites is 1. The first-order chi connectivity index (χ1) is 10.6. The summed E-state index contributed by atoms with van der Waals surface area (Å²) in [4.78, 5) is 0. The molecule has 0 bridgehead atoms. The van der Waals surface area contributed by atoms with Gasteiger partial charge in [0.2, 0.25) is 5.88 Å². The first kappa shape index (κ1) is 16.2. The minimum atomic E-state index is 0.440. The Morgan fingerprint density at radius 1 is 1.14 bits per heavy atom. The average Bonchev–Trinajstić information content (AvgIpc) is 2.50. The van der Waals surface area contributed by atoms with Gasteiger partial charge in [-0.25, -0.2) is 0 Å². The highest BCUT2D eigenvalue weighted by Crippen LogP contribution is 2.18. The Kier molecular flexibility index (Phi) is 6.09. The summed E-state index contributed by atoms with van der Waals surface area (Å²) in [6, 6.07) is 13.0. The third-order valence-corrected chi connectivity index (χ3v) is 3.10. The third-order valence-electron chi connectivity index (χ3n) is 2.85. The van der Waals surface area contributed by atoms with E-state index in [-0.39, 0.29) is 0 Å². The van der Waals surface area contributed by atoms with E-state index >= 15 is 0 Å². The fourth-order valence-corrected chi connectivity index (χ4v) is 1.89. The van der Waals surface area contributed by atoms with Crippen LogP contribution in [0.4, 0.5) is 5.82 Å². The van der Waals surface area contributed by atoms with E-state index in [4.69, 9.17) is 17.0 Å². The van der Waals surface area contributed by atoms with E-state index in [1.165, 1.54) is 0 Å². The van der Waals surface area contributed by atoms with Crippen molar-refractivity contribution >= 4 is 23.1 Å². The summed E-state index contributed by atoms with van der Waals surface area (Å²) in [5.74, 6) is 2.39. The first-order valence-corrected chi connectivity index (χ1v) is 7.66. The van der Waals surface area contributed by atoms with Crippen molar-refractivity contribution in [3.8, 4) is 11.6 Å². The molecular formula is C16H20N4OS. The van der Waals surface area contributed by atoms with Gasteiger partial charge in [0.25, 0.3) is 0 Å². The zero-order valence-electron chi connectivity index (χ0n) is 12.7. The number of ether oxygens (including phenoxy) is 1. The quantitative estimate of drug-likeness (QED) is 0.794. The van der Waals surface area contributed by atoms with Gasteiger partial charge < -0.3 is 15.4 Å². The second-order valence-electron chi connectivity index (χ2n) is 5.24. The first-order valence-electron chi connectivity index (χ1n) is 7.25. The third kappa shape index (κ3) is 5.65. The van der Waals surface area contributed by atoms with Gasteiger partial charge in [0.05, 0.1) is 0 Å². The molecule has 0 amide bonds. The number of benzene rings is 1. The maximum absolute atomic E-state index is 5.58. The zero-order chi connectivity index (χ0) is 15.8. The summed E-state index contributed by atoms with van der Waals surface area (Å²) in [5.41, 5.74) is 0. The lowest BCUT2D eigenvalue weighted by atomic mass is 10.1. The second-order valence-corrected chi connectivity index (χ2v) is 5.64. The van der Waals surface area contributed by atoms with Crippen molar-refractivity contribution in [2.45, 2.75) is 20.3 Å².